The van der Waals surface area contributed by atoms with Gasteiger partial charge in [-0.1, -0.05) is 13.0 Å². The summed E-state index contributed by atoms with van der Waals surface area (Å²) in [5.74, 6) is 2.22. The molecule has 96 valence electrons. The van der Waals surface area contributed by atoms with E-state index in [1.165, 1.54) is 12.0 Å². The van der Waals surface area contributed by atoms with Crippen LogP contribution in [0.1, 0.15) is 37.4 Å². The molecule has 2 saturated carbocycles. The fourth-order valence-electron chi connectivity index (χ4n) is 3.20. The molecule has 2 fully saturated rings. The van der Waals surface area contributed by atoms with Crippen LogP contribution in [0, 0.1) is 17.8 Å². The molecule has 0 bridgehead atoms. The van der Waals surface area contributed by atoms with Crippen LogP contribution in [0.15, 0.2) is 18.3 Å². The van der Waals surface area contributed by atoms with Crippen molar-refractivity contribution >= 4 is 5.91 Å². The van der Waals surface area contributed by atoms with Gasteiger partial charge < -0.3 is 5.32 Å². The van der Waals surface area contributed by atoms with Crippen LogP contribution in [-0.4, -0.2) is 10.9 Å². The summed E-state index contributed by atoms with van der Waals surface area (Å²) in [6, 6.07) is 4.04. The summed E-state index contributed by atoms with van der Waals surface area (Å²) < 4.78 is 0. The van der Waals surface area contributed by atoms with Crippen LogP contribution in [0.5, 0.6) is 0 Å². The number of aryl methyl sites for hydroxylation is 1. The van der Waals surface area contributed by atoms with Crippen LogP contribution in [-0.2, 0) is 17.8 Å². The molecule has 1 N–H and O–H groups in total. The van der Waals surface area contributed by atoms with E-state index < -0.39 is 0 Å². The Labute approximate surface area is 108 Å². The average Bonchev–Trinajstić information content (AvgIpc) is 3.02. The van der Waals surface area contributed by atoms with Crippen LogP contribution < -0.4 is 5.32 Å². The Morgan fingerprint density at radius 2 is 2.17 bits per heavy atom. The first-order chi connectivity index (χ1) is 8.78. The first kappa shape index (κ1) is 11.7. The predicted molar refractivity (Wildman–Crippen MR) is 69.8 cm³/mol. The molecular formula is C15H20N2O. The molecule has 2 atom stereocenters. The fourth-order valence-corrected chi connectivity index (χ4v) is 3.20. The second-order valence-electron chi connectivity index (χ2n) is 5.60. The molecule has 0 radical (unpaired) electrons. The minimum absolute atomic E-state index is 0.231. The number of nitrogens with one attached hydrogen (secondary N) is 1. The quantitative estimate of drug-likeness (QED) is 0.883. The summed E-state index contributed by atoms with van der Waals surface area (Å²) in [4.78, 5) is 16.4. The Bertz CT molecular complexity index is 448. The summed E-state index contributed by atoms with van der Waals surface area (Å²) in [6.45, 7) is 2.70. The maximum Gasteiger partial charge on any atom is 0.223 e. The SMILES string of the molecule is CCc1cccnc1CNC(=O)C1CC2CC2C1. The second-order valence-corrected chi connectivity index (χ2v) is 5.60. The Morgan fingerprint density at radius 3 is 2.89 bits per heavy atom. The minimum Gasteiger partial charge on any atom is -0.350 e. The highest BCUT2D eigenvalue weighted by Gasteiger charge is 2.47. The molecular weight excluding hydrogens is 224 g/mol. The zero-order chi connectivity index (χ0) is 12.5. The van der Waals surface area contributed by atoms with Crippen LogP contribution >= 0.6 is 0 Å². The van der Waals surface area contributed by atoms with E-state index in [9.17, 15) is 4.79 Å². The Balaban J connectivity index is 1.55. The van der Waals surface area contributed by atoms with Crippen LogP contribution in [0.25, 0.3) is 0 Å². The maximum absolute atomic E-state index is 12.0. The monoisotopic (exact) mass is 244 g/mol. The smallest absolute Gasteiger partial charge is 0.223 e. The Kier molecular flexibility index (Phi) is 3.06. The van der Waals surface area contributed by atoms with Crippen molar-refractivity contribution in [1.82, 2.24) is 10.3 Å². The van der Waals surface area contributed by atoms with Gasteiger partial charge in [-0.05, 0) is 49.1 Å². The van der Waals surface area contributed by atoms with Gasteiger partial charge in [0.1, 0.15) is 0 Å². The van der Waals surface area contributed by atoms with Crippen LogP contribution in [0.4, 0.5) is 0 Å². The van der Waals surface area contributed by atoms with E-state index in [0.29, 0.717) is 6.54 Å². The van der Waals surface area contributed by atoms with E-state index >= 15 is 0 Å². The number of amides is 1. The normalized spacial score (nSPS) is 28.8. The largest absolute Gasteiger partial charge is 0.350 e. The van der Waals surface area contributed by atoms with Gasteiger partial charge >= 0.3 is 0 Å². The molecule has 18 heavy (non-hydrogen) atoms. The molecule has 0 aliphatic heterocycles. The van der Waals surface area contributed by atoms with Gasteiger partial charge in [-0.15, -0.1) is 0 Å². The molecule has 3 nitrogen and oxygen atoms in total. The summed E-state index contributed by atoms with van der Waals surface area (Å²) in [5, 5.41) is 3.06. The molecule has 2 unspecified atom stereocenters. The van der Waals surface area contributed by atoms with E-state index in [1.54, 1.807) is 6.20 Å². The van der Waals surface area contributed by atoms with Crippen molar-refractivity contribution < 1.29 is 4.79 Å². The molecule has 1 aromatic heterocycles. The standard InChI is InChI=1S/C15H20N2O/c1-2-10-4-3-5-16-14(10)9-17-15(18)13-7-11-6-12(11)8-13/h3-5,11-13H,2,6-9H2,1H3,(H,17,18). The Hall–Kier alpha value is -1.38. The molecule has 3 rings (SSSR count). The first-order valence-corrected chi connectivity index (χ1v) is 6.98. The Morgan fingerprint density at radius 1 is 1.39 bits per heavy atom. The number of aromatic nitrogens is 1. The molecule has 2 aliphatic carbocycles. The van der Waals surface area contributed by atoms with Crippen molar-refractivity contribution in [3.05, 3.63) is 29.6 Å². The van der Waals surface area contributed by atoms with Crippen molar-refractivity contribution in [2.45, 2.75) is 39.2 Å². The third-order valence-corrected chi connectivity index (χ3v) is 4.41. The molecule has 3 heteroatoms. The predicted octanol–water partition coefficient (Wildman–Crippen LogP) is 2.31. The van der Waals surface area contributed by atoms with Gasteiger partial charge in [0.15, 0.2) is 0 Å². The van der Waals surface area contributed by atoms with Gasteiger partial charge in [-0.25, -0.2) is 0 Å². The second kappa shape index (κ2) is 4.71. The van der Waals surface area contributed by atoms with E-state index in [0.717, 1.165) is 36.8 Å². The fraction of sp³-hybridized carbons (Fsp3) is 0.600. The van der Waals surface area contributed by atoms with Gasteiger partial charge in [0.05, 0.1) is 12.2 Å². The number of fused-ring (bicyclic) bond motifs is 1. The highest BCUT2D eigenvalue weighted by molar-refractivity contribution is 5.79. The molecule has 0 spiro atoms. The van der Waals surface area contributed by atoms with Gasteiger partial charge in [-0.2, -0.15) is 0 Å². The molecule has 1 aromatic rings. The third kappa shape index (κ3) is 2.26. The number of pyridine rings is 1. The summed E-state index contributed by atoms with van der Waals surface area (Å²) in [6.07, 6.45) is 6.35. The molecule has 0 saturated heterocycles. The average molecular weight is 244 g/mol. The summed E-state index contributed by atoms with van der Waals surface area (Å²) in [7, 11) is 0. The number of hydrogen-bond acceptors (Lipinski definition) is 2. The van der Waals surface area contributed by atoms with Gasteiger partial charge in [0, 0.05) is 12.1 Å². The van der Waals surface area contributed by atoms with E-state index in [1.807, 2.05) is 6.07 Å². The highest BCUT2D eigenvalue weighted by atomic mass is 16.1. The third-order valence-electron chi connectivity index (χ3n) is 4.41. The van der Waals surface area contributed by atoms with Crippen molar-refractivity contribution in [1.29, 1.82) is 0 Å². The lowest BCUT2D eigenvalue weighted by atomic mass is 10.0. The first-order valence-electron chi connectivity index (χ1n) is 6.98. The lowest BCUT2D eigenvalue weighted by Crippen LogP contribution is -2.30. The highest BCUT2D eigenvalue weighted by Crippen LogP contribution is 2.54. The van der Waals surface area contributed by atoms with E-state index in [-0.39, 0.29) is 11.8 Å². The number of carbonyl (C=O) groups is 1. The maximum atomic E-state index is 12.0. The zero-order valence-electron chi connectivity index (χ0n) is 10.9. The summed E-state index contributed by atoms with van der Waals surface area (Å²) in [5.41, 5.74) is 2.24. The topological polar surface area (TPSA) is 42.0 Å². The number of carbonyl (C=O) groups excluding carboxylic acids is 1. The van der Waals surface area contributed by atoms with E-state index in [2.05, 4.69) is 23.3 Å². The van der Waals surface area contributed by atoms with Crippen molar-refractivity contribution in [3.8, 4) is 0 Å². The van der Waals surface area contributed by atoms with Crippen molar-refractivity contribution in [2.24, 2.45) is 17.8 Å². The van der Waals surface area contributed by atoms with Crippen molar-refractivity contribution in [3.63, 3.8) is 0 Å². The van der Waals surface area contributed by atoms with Gasteiger partial charge in [0.25, 0.3) is 0 Å². The molecule has 1 amide bonds. The van der Waals surface area contributed by atoms with Crippen LogP contribution in [0.3, 0.4) is 0 Å². The summed E-state index contributed by atoms with van der Waals surface area (Å²) >= 11 is 0. The molecule has 1 heterocycles. The zero-order valence-corrected chi connectivity index (χ0v) is 10.9. The number of nitrogens with zero attached hydrogens (tertiary/aromatic N) is 1. The lowest BCUT2D eigenvalue weighted by Gasteiger charge is -2.13. The number of rotatable bonds is 4. The molecule has 2 aliphatic rings. The van der Waals surface area contributed by atoms with E-state index in [4.69, 9.17) is 0 Å². The number of hydrogen-bond donors (Lipinski definition) is 1. The van der Waals surface area contributed by atoms with Crippen LogP contribution in [0.2, 0.25) is 0 Å². The van der Waals surface area contributed by atoms with Gasteiger partial charge in [0.2, 0.25) is 5.91 Å². The minimum atomic E-state index is 0.231. The van der Waals surface area contributed by atoms with Gasteiger partial charge in [-0.3, -0.25) is 9.78 Å². The molecule has 0 aromatic carbocycles. The van der Waals surface area contributed by atoms with Crippen molar-refractivity contribution in [2.75, 3.05) is 0 Å². The lowest BCUT2D eigenvalue weighted by molar-refractivity contribution is -0.125.